The summed E-state index contributed by atoms with van der Waals surface area (Å²) >= 11 is 6.22. The molecule has 0 saturated carbocycles. The van der Waals surface area contributed by atoms with Gasteiger partial charge in [0.1, 0.15) is 5.75 Å². The maximum atomic E-state index is 11.6. The smallest absolute Gasteiger partial charge is 0.151 e. The van der Waals surface area contributed by atoms with E-state index in [1.807, 2.05) is 19.9 Å². The van der Waals surface area contributed by atoms with Crippen LogP contribution in [0.2, 0.25) is 5.02 Å². The summed E-state index contributed by atoms with van der Waals surface area (Å²) < 4.78 is 5.34. The molecule has 17 heavy (non-hydrogen) atoms. The maximum absolute atomic E-state index is 11.6. The highest BCUT2D eigenvalue weighted by atomic mass is 35.5. The standard InChI is InChI=1S/C13H18ClNO2/c1-7-6-10(17-5)11(8(2)12(7)14)13(15-4)9(3)16/h6,13,15H,1-5H3. The first kappa shape index (κ1) is 14.0. The third kappa shape index (κ3) is 2.61. The maximum Gasteiger partial charge on any atom is 0.151 e. The van der Waals surface area contributed by atoms with Crippen LogP contribution in [0.4, 0.5) is 0 Å². The summed E-state index contributed by atoms with van der Waals surface area (Å²) in [7, 11) is 3.34. The molecule has 0 bridgehead atoms. The molecule has 1 aromatic carbocycles. The molecule has 4 heteroatoms. The summed E-state index contributed by atoms with van der Waals surface area (Å²) in [5, 5.41) is 3.67. The fourth-order valence-electron chi connectivity index (χ4n) is 2.02. The van der Waals surface area contributed by atoms with Gasteiger partial charge in [-0.1, -0.05) is 11.6 Å². The molecule has 1 rings (SSSR count). The van der Waals surface area contributed by atoms with Gasteiger partial charge in [0.25, 0.3) is 0 Å². The predicted molar refractivity (Wildman–Crippen MR) is 70.0 cm³/mol. The van der Waals surface area contributed by atoms with Crippen LogP contribution in [0.15, 0.2) is 6.07 Å². The Morgan fingerprint density at radius 1 is 1.47 bits per heavy atom. The van der Waals surface area contributed by atoms with Crippen molar-refractivity contribution in [3.63, 3.8) is 0 Å². The number of nitrogens with one attached hydrogen (secondary N) is 1. The second-order valence-corrected chi connectivity index (χ2v) is 4.46. The molecular formula is C13H18ClNO2. The number of benzene rings is 1. The van der Waals surface area contributed by atoms with Crippen LogP contribution < -0.4 is 10.1 Å². The second-order valence-electron chi connectivity index (χ2n) is 4.08. The average Bonchev–Trinajstić information content (AvgIpc) is 2.29. The van der Waals surface area contributed by atoms with Crippen LogP contribution in [-0.2, 0) is 4.79 Å². The average molecular weight is 256 g/mol. The lowest BCUT2D eigenvalue weighted by Gasteiger charge is -2.21. The molecule has 0 amide bonds. The fraction of sp³-hybridized carbons (Fsp3) is 0.462. The van der Waals surface area contributed by atoms with E-state index in [2.05, 4.69) is 5.32 Å². The van der Waals surface area contributed by atoms with Gasteiger partial charge in [-0.15, -0.1) is 0 Å². The van der Waals surface area contributed by atoms with Crippen molar-refractivity contribution in [3.8, 4) is 5.75 Å². The van der Waals surface area contributed by atoms with Gasteiger partial charge in [-0.25, -0.2) is 0 Å². The molecule has 0 radical (unpaired) electrons. The van der Waals surface area contributed by atoms with Crippen LogP contribution in [0.1, 0.15) is 29.7 Å². The Bertz CT molecular complexity index is 444. The van der Waals surface area contributed by atoms with Gasteiger partial charge >= 0.3 is 0 Å². The second kappa shape index (κ2) is 5.52. The number of carbonyl (C=O) groups excluding carboxylic acids is 1. The van der Waals surface area contributed by atoms with Crippen LogP contribution in [0.5, 0.6) is 5.75 Å². The third-order valence-corrected chi connectivity index (χ3v) is 3.48. The van der Waals surface area contributed by atoms with E-state index >= 15 is 0 Å². The number of Topliss-reactive ketones (excluding diaryl/α,β-unsaturated/α-hetero) is 1. The van der Waals surface area contributed by atoms with Crippen LogP contribution in [0.25, 0.3) is 0 Å². The number of hydrogen-bond donors (Lipinski definition) is 1. The lowest BCUT2D eigenvalue weighted by molar-refractivity contribution is -0.119. The van der Waals surface area contributed by atoms with Crippen molar-refractivity contribution >= 4 is 17.4 Å². The van der Waals surface area contributed by atoms with E-state index in [-0.39, 0.29) is 11.8 Å². The first-order valence-electron chi connectivity index (χ1n) is 5.45. The molecule has 0 saturated heterocycles. The quantitative estimate of drug-likeness (QED) is 0.899. The summed E-state index contributed by atoms with van der Waals surface area (Å²) in [6, 6.07) is 1.47. The molecule has 0 aliphatic heterocycles. The Labute approximate surface area is 107 Å². The van der Waals surface area contributed by atoms with Crippen molar-refractivity contribution in [2.45, 2.75) is 26.8 Å². The first-order chi connectivity index (χ1) is 7.93. The summed E-state index contributed by atoms with van der Waals surface area (Å²) in [5.41, 5.74) is 2.65. The Kier molecular flexibility index (Phi) is 4.54. The topological polar surface area (TPSA) is 38.3 Å². The summed E-state index contributed by atoms with van der Waals surface area (Å²) in [6.45, 7) is 5.37. The van der Waals surface area contributed by atoms with E-state index in [9.17, 15) is 4.79 Å². The number of rotatable bonds is 4. The van der Waals surface area contributed by atoms with Crippen molar-refractivity contribution < 1.29 is 9.53 Å². The zero-order valence-electron chi connectivity index (χ0n) is 10.8. The SMILES string of the molecule is CNC(C(C)=O)c1c(OC)cc(C)c(Cl)c1C. The molecule has 1 atom stereocenters. The summed E-state index contributed by atoms with van der Waals surface area (Å²) in [5.74, 6) is 0.729. The van der Waals surface area contributed by atoms with Crippen molar-refractivity contribution in [2.24, 2.45) is 0 Å². The van der Waals surface area contributed by atoms with Gasteiger partial charge in [-0.05, 0) is 45.0 Å². The molecule has 0 heterocycles. The number of hydrogen-bond acceptors (Lipinski definition) is 3. The first-order valence-corrected chi connectivity index (χ1v) is 5.83. The molecule has 1 N–H and O–H groups in total. The van der Waals surface area contributed by atoms with Crippen molar-refractivity contribution in [3.05, 3.63) is 27.8 Å². The highest BCUT2D eigenvalue weighted by Crippen LogP contribution is 2.35. The van der Waals surface area contributed by atoms with Gasteiger partial charge in [-0.3, -0.25) is 4.79 Å². The number of carbonyl (C=O) groups is 1. The van der Waals surface area contributed by atoms with E-state index in [1.165, 1.54) is 0 Å². The van der Waals surface area contributed by atoms with Gasteiger partial charge in [-0.2, -0.15) is 0 Å². The Morgan fingerprint density at radius 3 is 2.47 bits per heavy atom. The molecule has 0 aliphatic carbocycles. The van der Waals surface area contributed by atoms with E-state index in [4.69, 9.17) is 16.3 Å². The van der Waals surface area contributed by atoms with E-state index in [1.54, 1.807) is 21.1 Å². The Balaban J connectivity index is 3.49. The van der Waals surface area contributed by atoms with Crippen LogP contribution in [-0.4, -0.2) is 19.9 Å². The number of methoxy groups -OCH3 is 1. The molecule has 3 nitrogen and oxygen atoms in total. The molecule has 0 spiro atoms. The number of aryl methyl sites for hydroxylation is 1. The van der Waals surface area contributed by atoms with Gasteiger partial charge < -0.3 is 10.1 Å². The summed E-state index contributed by atoms with van der Waals surface area (Å²) in [6.07, 6.45) is 0. The number of halogens is 1. The minimum atomic E-state index is -0.386. The zero-order chi connectivity index (χ0) is 13.2. The van der Waals surface area contributed by atoms with Crippen LogP contribution >= 0.6 is 11.6 Å². The normalized spacial score (nSPS) is 12.4. The van der Waals surface area contributed by atoms with Gasteiger partial charge in [0.2, 0.25) is 0 Å². The minimum absolute atomic E-state index is 0.0359. The minimum Gasteiger partial charge on any atom is -0.496 e. The molecule has 1 aromatic rings. The Hall–Kier alpha value is -1.06. The fourth-order valence-corrected chi connectivity index (χ4v) is 2.17. The van der Waals surface area contributed by atoms with Crippen LogP contribution in [0.3, 0.4) is 0 Å². The molecule has 94 valence electrons. The largest absolute Gasteiger partial charge is 0.496 e. The van der Waals surface area contributed by atoms with Gasteiger partial charge in [0.15, 0.2) is 5.78 Å². The van der Waals surface area contributed by atoms with Gasteiger partial charge in [0.05, 0.1) is 13.2 Å². The highest BCUT2D eigenvalue weighted by Gasteiger charge is 2.23. The van der Waals surface area contributed by atoms with E-state index in [0.717, 1.165) is 16.7 Å². The highest BCUT2D eigenvalue weighted by molar-refractivity contribution is 6.32. The van der Waals surface area contributed by atoms with Crippen molar-refractivity contribution in [1.82, 2.24) is 5.32 Å². The Morgan fingerprint density at radius 2 is 2.06 bits per heavy atom. The lowest BCUT2D eigenvalue weighted by atomic mass is 9.95. The van der Waals surface area contributed by atoms with Gasteiger partial charge in [0, 0.05) is 10.6 Å². The molecule has 1 unspecified atom stereocenters. The van der Waals surface area contributed by atoms with Crippen LogP contribution in [0, 0.1) is 13.8 Å². The van der Waals surface area contributed by atoms with Crippen molar-refractivity contribution in [2.75, 3.05) is 14.2 Å². The monoisotopic (exact) mass is 255 g/mol. The number of ketones is 1. The number of ether oxygens (including phenoxy) is 1. The van der Waals surface area contributed by atoms with E-state index < -0.39 is 0 Å². The van der Waals surface area contributed by atoms with E-state index in [0.29, 0.717) is 10.8 Å². The molecule has 0 fully saturated rings. The molecular weight excluding hydrogens is 238 g/mol. The van der Waals surface area contributed by atoms with Crippen molar-refractivity contribution in [1.29, 1.82) is 0 Å². The number of likely N-dealkylation sites (N-methyl/N-ethyl adjacent to an activating group) is 1. The summed E-state index contributed by atoms with van der Waals surface area (Å²) in [4.78, 5) is 11.6. The third-order valence-electron chi connectivity index (χ3n) is 2.90. The zero-order valence-corrected chi connectivity index (χ0v) is 11.6. The molecule has 0 aromatic heterocycles. The molecule has 0 aliphatic rings. The predicted octanol–water partition coefficient (Wildman–Crippen LogP) is 2.81. The lowest BCUT2D eigenvalue weighted by Crippen LogP contribution is -2.25.